The lowest BCUT2D eigenvalue weighted by Crippen LogP contribution is -2.46. The minimum Gasteiger partial charge on any atom is -0.462 e. The smallest absolute Gasteiger partial charge is 0.302 e. The van der Waals surface area contributed by atoms with Gasteiger partial charge >= 0.3 is 5.97 Å². The molecule has 32 heavy (non-hydrogen) atoms. The monoisotopic (exact) mass is 438 g/mol. The van der Waals surface area contributed by atoms with Crippen LogP contribution in [0.4, 0.5) is 0 Å². The van der Waals surface area contributed by atoms with Crippen LogP contribution in [0.1, 0.15) is 99.8 Å². The molecule has 4 aliphatic rings. The summed E-state index contributed by atoms with van der Waals surface area (Å²) < 4.78 is 5.60. The van der Waals surface area contributed by atoms with Crippen LogP contribution in [0, 0.1) is 40.4 Å². The van der Waals surface area contributed by atoms with Crippen molar-refractivity contribution in [1.82, 2.24) is 0 Å². The molecule has 3 fully saturated rings. The molecule has 0 aromatic rings. The van der Waals surface area contributed by atoms with Crippen LogP contribution in [0.2, 0.25) is 0 Å². The number of ether oxygens (including phenoxy) is 1. The molecule has 0 aliphatic heterocycles. The van der Waals surface area contributed by atoms with Crippen molar-refractivity contribution < 1.29 is 9.53 Å². The summed E-state index contributed by atoms with van der Waals surface area (Å²) in [5.41, 5.74) is 5.63. The Kier molecular flexibility index (Phi) is 6.56. The molecule has 0 N–H and O–H groups in total. The van der Waals surface area contributed by atoms with Crippen LogP contribution in [0.3, 0.4) is 0 Å². The molecular weight excluding hydrogens is 392 g/mol. The summed E-state index contributed by atoms with van der Waals surface area (Å²) in [5, 5.41) is 0. The molecule has 7 atom stereocenters. The Morgan fingerprint density at radius 1 is 1.09 bits per heavy atom. The average molecular weight is 439 g/mol. The SMILES string of the molecule is CC/C(=C\C(C)C1CCC2C3=CC=C4CC(OC(C)=O)CCC4(C)C3CCC21C)C(C)C. The maximum Gasteiger partial charge on any atom is 0.302 e. The third-order valence-electron chi connectivity index (χ3n) is 10.2. The summed E-state index contributed by atoms with van der Waals surface area (Å²) >= 11 is 0. The molecule has 4 rings (SSSR count). The van der Waals surface area contributed by atoms with Gasteiger partial charge in [0.2, 0.25) is 0 Å². The van der Waals surface area contributed by atoms with E-state index in [-0.39, 0.29) is 17.5 Å². The molecule has 2 nitrogen and oxygen atoms in total. The number of carbonyl (C=O) groups is 1. The molecule has 0 spiro atoms. The van der Waals surface area contributed by atoms with Gasteiger partial charge in [-0.1, -0.05) is 76.5 Å². The van der Waals surface area contributed by atoms with Crippen molar-refractivity contribution in [2.24, 2.45) is 40.4 Å². The van der Waals surface area contributed by atoms with Gasteiger partial charge in [0.15, 0.2) is 0 Å². The molecule has 0 radical (unpaired) electrons. The molecule has 0 saturated heterocycles. The molecule has 7 unspecified atom stereocenters. The molecule has 0 amide bonds. The summed E-state index contributed by atoms with van der Waals surface area (Å²) in [5.74, 6) is 3.42. The Hall–Kier alpha value is -1.31. The van der Waals surface area contributed by atoms with Crippen LogP contribution in [-0.2, 0) is 9.53 Å². The fourth-order valence-corrected chi connectivity index (χ4v) is 8.38. The van der Waals surface area contributed by atoms with Crippen molar-refractivity contribution >= 4 is 5.97 Å². The average Bonchev–Trinajstić information content (AvgIpc) is 3.08. The van der Waals surface area contributed by atoms with Crippen molar-refractivity contribution in [3.63, 3.8) is 0 Å². The van der Waals surface area contributed by atoms with Crippen LogP contribution in [-0.4, -0.2) is 12.1 Å². The Morgan fingerprint density at radius 3 is 2.50 bits per heavy atom. The normalized spacial score (nSPS) is 40.1. The van der Waals surface area contributed by atoms with Crippen molar-refractivity contribution in [3.8, 4) is 0 Å². The zero-order valence-electron chi connectivity index (χ0n) is 21.7. The number of hydrogen-bond donors (Lipinski definition) is 0. The number of allylic oxidation sites excluding steroid dienone is 5. The number of hydrogen-bond acceptors (Lipinski definition) is 2. The van der Waals surface area contributed by atoms with Gasteiger partial charge in [0.25, 0.3) is 0 Å². The highest BCUT2D eigenvalue weighted by atomic mass is 16.5. The van der Waals surface area contributed by atoms with Gasteiger partial charge in [0, 0.05) is 13.3 Å². The van der Waals surface area contributed by atoms with Gasteiger partial charge in [-0.15, -0.1) is 0 Å². The molecule has 3 saturated carbocycles. The summed E-state index contributed by atoms with van der Waals surface area (Å²) in [6.45, 7) is 16.2. The second-order valence-corrected chi connectivity index (χ2v) is 12.2. The van der Waals surface area contributed by atoms with E-state index in [1.807, 2.05) is 0 Å². The van der Waals surface area contributed by atoms with E-state index in [0.717, 1.165) is 31.1 Å². The first-order valence-corrected chi connectivity index (χ1v) is 13.4. The Bertz CT molecular complexity index is 830. The molecule has 0 aromatic carbocycles. The van der Waals surface area contributed by atoms with Gasteiger partial charge in [0.05, 0.1) is 0 Å². The summed E-state index contributed by atoms with van der Waals surface area (Å²) in [7, 11) is 0. The van der Waals surface area contributed by atoms with Crippen molar-refractivity contribution in [3.05, 3.63) is 34.9 Å². The quantitative estimate of drug-likeness (QED) is 0.320. The van der Waals surface area contributed by atoms with Crippen LogP contribution in [0.15, 0.2) is 34.9 Å². The second-order valence-electron chi connectivity index (χ2n) is 12.2. The topological polar surface area (TPSA) is 26.3 Å². The van der Waals surface area contributed by atoms with Gasteiger partial charge in [-0.05, 0) is 85.4 Å². The lowest BCUT2D eigenvalue weighted by atomic mass is 9.50. The molecule has 2 heteroatoms. The third kappa shape index (κ3) is 3.94. The summed E-state index contributed by atoms with van der Waals surface area (Å²) in [6, 6.07) is 0. The van der Waals surface area contributed by atoms with Crippen LogP contribution < -0.4 is 0 Å². The summed E-state index contributed by atoms with van der Waals surface area (Å²) in [4.78, 5) is 11.5. The van der Waals surface area contributed by atoms with Crippen LogP contribution in [0.5, 0.6) is 0 Å². The van der Waals surface area contributed by atoms with Crippen LogP contribution in [0.25, 0.3) is 0 Å². The van der Waals surface area contributed by atoms with E-state index in [2.05, 4.69) is 59.8 Å². The van der Waals surface area contributed by atoms with E-state index in [1.165, 1.54) is 37.7 Å². The van der Waals surface area contributed by atoms with Crippen molar-refractivity contribution in [1.29, 1.82) is 0 Å². The Labute approximate surface area is 197 Å². The van der Waals surface area contributed by atoms with E-state index in [9.17, 15) is 4.79 Å². The maximum atomic E-state index is 11.5. The first-order chi connectivity index (χ1) is 15.1. The van der Waals surface area contributed by atoms with E-state index < -0.39 is 0 Å². The predicted molar refractivity (Wildman–Crippen MR) is 133 cm³/mol. The molecule has 0 bridgehead atoms. The number of carbonyl (C=O) groups excluding carboxylic acids is 1. The minimum absolute atomic E-state index is 0.0767. The molecular formula is C30H46O2. The zero-order valence-corrected chi connectivity index (χ0v) is 21.7. The van der Waals surface area contributed by atoms with Gasteiger partial charge in [-0.2, -0.15) is 0 Å². The van der Waals surface area contributed by atoms with Gasteiger partial charge < -0.3 is 4.74 Å². The number of fused-ring (bicyclic) bond motifs is 5. The van der Waals surface area contributed by atoms with Gasteiger partial charge in [-0.3, -0.25) is 4.79 Å². The fourth-order valence-electron chi connectivity index (χ4n) is 8.38. The lowest BCUT2D eigenvalue weighted by Gasteiger charge is -2.55. The van der Waals surface area contributed by atoms with Crippen molar-refractivity contribution in [2.75, 3.05) is 0 Å². The molecule has 0 heterocycles. The highest BCUT2D eigenvalue weighted by Crippen LogP contribution is 2.66. The molecule has 0 aromatic heterocycles. The molecule has 4 aliphatic carbocycles. The Morgan fingerprint density at radius 2 is 1.84 bits per heavy atom. The Balaban J connectivity index is 1.58. The first kappa shape index (κ1) is 23.8. The standard InChI is InChI=1S/C30H46O2/c1-8-22(19(2)3)17-20(4)26-11-12-27-25-10-9-23-18-24(32-21(5)31)13-15-29(23,6)28(25)14-16-30(26,27)7/h9-10,17,19-20,24,26-28H,8,11-16,18H2,1-7H3/b22-17+. The van der Waals surface area contributed by atoms with E-state index in [0.29, 0.717) is 23.2 Å². The fraction of sp³-hybridized carbons (Fsp3) is 0.767. The van der Waals surface area contributed by atoms with E-state index in [4.69, 9.17) is 4.74 Å². The predicted octanol–water partition coefficient (Wildman–Crippen LogP) is 8.05. The third-order valence-corrected chi connectivity index (χ3v) is 10.2. The summed E-state index contributed by atoms with van der Waals surface area (Å²) in [6.07, 6.45) is 17.3. The number of rotatable bonds is 5. The highest BCUT2D eigenvalue weighted by molar-refractivity contribution is 5.66. The largest absolute Gasteiger partial charge is 0.462 e. The van der Waals surface area contributed by atoms with Crippen molar-refractivity contribution in [2.45, 2.75) is 106 Å². The maximum absolute atomic E-state index is 11.5. The van der Waals surface area contributed by atoms with Gasteiger partial charge in [-0.25, -0.2) is 0 Å². The van der Waals surface area contributed by atoms with E-state index in [1.54, 1.807) is 18.1 Å². The number of esters is 1. The minimum atomic E-state index is -0.136. The molecule has 178 valence electrons. The van der Waals surface area contributed by atoms with Gasteiger partial charge in [0.1, 0.15) is 6.10 Å². The van der Waals surface area contributed by atoms with Crippen LogP contribution >= 0.6 is 0 Å². The lowest BCUT2D eigenvalue weighted by molar-refractivity contribution is -0.148. The zero-order chi connectivity index (χ0) is 23.3. The van der Waals surface area contributed by atoms with E-state index >= 15 is 0 Å². The first-order valence-electron chi connectivity index (χ1n) is 13.4. The second kappa shape index (κ2) is 8.80. The highest BCUT2D eigenvalue weighted by Gasteiger charge is 2.57.